The number of methoxy groups -OCH3 is 1. The third-order valence-electron chi connectivity index (χ3n) is 9.26. The van der Waals surface area contributed by atoms with Crippen molar-refractivity contribution in [3.63, 3.8) is 0 Å². The Labute approximate surface area is 288 Å². The number of benzene rings is 2. The molecule has 262 valence electrons. The maximum atomic E-state index is 17.1. The number of carbonyl (C=O) groups excluding carboxylic acids is 1. The molecule has 1 amide bonds. The molecule has 0 radical (unpaired) electrons. The van der Waals surface area contributed by atoms with Crippen molar-refractivity contribution < 1.29 is 37.3 Å². The molecule has 2 aromatic carbocycles. The highest BCUT2D eigenvalue weighted by Crippen LogP contribution is 2.50. The molecule has 4 aromatic rings. The smallest absolute Gasteiger partial charge is 0.429 e. The minimum absolute atomic E-state index is 0.0427. The van der Waals surface area contributed by atoms with Crippen molar-refractivity contribution in [3.05, 3.63) is 47.7 Å². The van der Waals surface area contributed by atoms with Gasteiger partial charge in [-0.1, -0.05) is 12.0 Å². The van der Waals surface area contributed by atoms with Crippen molar-refractivity contribution in [3.8, 4) is 35.4 Å². The van der Waals surface area contributed by atoms with Crippen molar-refractivity contribution in [1.29, 1.82) is 0 Å². The van der Waals surface area contributed by atoms with E-state index < -0.39 is 23.3 Å². The summed E-state index contributed by atoms with van der Waals surface area (Å²) >= 11 is 0. The Morgan fingerprint density at radius 3 is 2.64 bits per heavy atom. The van der Waals surface area contributed by atoms with Crippen LogP contribution >= 0.6 is 0 Å². The third kappa shape index (κ3) is 6.33. The number of hydrazine groups is 1. The molecule has 4 fully saturated rings. The minimum atomic E-state index is -0.807. The number of terminal acetylenes is 1. The molecule has 1 saturated carbocycles. The second-order valence-corrected chi connectivity index (χ2v) is 14.1. The fourth-order valence-corrected chi connectivity index (χ4v) is 6.90. The maximum Gasteiger partial charge on any atom is 0.429 e. The summed E-state index contributed by atoms with van der Waals surface area (Å²) in [5.41, 5.74) is -0.954. The first kappa shape index (κ1) is 33.7. The highest BCUT2D eigenvalue weighted by Gasteiger charge is 2.52. The van der Waals surface area contributed by atoms with E-state index in [1.54, 1.807) is 44.0 Å². The molecule has 0 spiro atoms. The maximum absolute atomic E-state index is 17.1. The number of hydrogen-bond donors (Lipinski definition) is 0. The summed E-state index contributed by atoms with van der Waals surface area (Å²) in [6.45, 7) is 6.96. The standard InChI is InChI=1S/C37H39F2N5O6/c1-6-25-28(38)11-10-22-14-23(49-21-46-5)15-26(29(22)25)31-30(39)32-27(18-40-31)33(42-34(41-32)48-20-37-16-24(17-37)47-19-37)43-12-8-7-9-13-44(43)35(45)50-36(2,3)4/h1,10-11,14-15,18,24H,7-9,12-13,16-17,19-21H2,2-5H3. The molecule has 2 bridgehead atoms. The predicted octanol–water partition coefficient (Wildman–Crippen LogP) is 6.79. The van der Waals surface area contributed by atoms with E-state index in [1.165, 1.54) is 24.4 Å². The second kappa shape index (κ2) is 13.2. The van der Waals surface area contributed by atoms with Crippen LogP contribution in [-0.4, -0.2) is 78.0 Å². The lowest BCUT2D eigenvalue weighted by atomic mass is 9.71. The molecule has 13 heteroatoms. The quantitative estimate of drug-likeness (QED) is 0.145. The number of halogens is 2. The molecule has 50 heavy (non-hydrogen) atoms. The fourth-order valence-electron chi connectivity index (χ4n) is 6.90. The van der Waals surface area contributed by atoms with Crippen molar-refractivity contribution in [2.75, 3.05) is 45.2 Å². The Morgan fingerprint density at radius 1 is 1.12 bits per heavy atom. The van der Waals surface area contributed by atoms with Crippen LogP contribution in [0.25, 0.3) is 32.9 Å². The summed E-state index contributed by atoms with van der Waals surface area (Å²) in [5, 5.41) is 4.26. The van der Waals surface area contributed by atoms with Gasteiger partial charge in [0.2, 0.25) is 0 Å². The van der Waals surface area contributed by atoms with Gasteiger partial charge >= 0.3 is 12.1 Å². The summed E-state index contributed by atoms with van der Waals surface area (Å²) in [6, 6.07) is 5.96. The zero-order valence-electron chi connectivity index (χ0n) is 28.6. The van der Waals surface area contributed by atoms with Crippen LogP contribution < -0.4 is 14.5 Å². The molecule has 3 aliphatic heterocycles. The van der Waals surface area contributed by atoms with E-state index in [2.05, 4.69) is 15.9 Å². The van der Waals surface area contributed by atoms with E-state index >= 15 is 8.78 Å². The predicted molar refractivity (Wildman–Crippen MR) is 182 cm³/mol. The molecule has 0 N–H and O–H groups in total. The first-order chi connectivity index (χ1) is 24.0. The topological polar surface area (TPSA) is 108 Å². The van der Waals surface area contributed by atoms with Gasteiger partial charge in [-0.2, -0.15) is 9.97 Å². The first-order valence-corrected chi connectivity index (χ1v) is 16.7. The SMILES string of the molecule is C#Cc1c(F)ccc2cc(OCOC)cc(-c3ncc4c(N5CCCCCN5C(=O)OC(C)(C)C)nc(OCC56COC(C5)C6)nc4c3F)c12. The van der Waals surface area contributed by atoms with Gasteiger partial charge in [0.15, 0.2) is 18.4 Å². The van der Waals surface area contributed by atoms with Gasteiger partial charge in [-0.3, -0.25) is 9.99 Å². The van der Waals surface area contributed by atoms with Crippen LogP contribution in [0.5, 0.6) is 11.8 Å². The van der Waals surface area contributed by atoms with Gasteiger partial charge < -0.3 is 23.7 Å². The van der Waals surface area contributed by atoms with Crippen LogP contribution in [0.4, 0.5) is 19.4 Å². The minimum Gasteiger partial charge on any atom is -0.468 e. The van der Waals surface area contributed by atoms with E-state index in [1.807, 2.05) is 0 Å². The molecular formula is C37H39F2N5O6. The third-order valence-corrected chi connectivity index (χ3v) is 9.26. The van der Waals surface area contributed by atoms with Crippen LogP contribution in [0.2, 0.25) is 0 Å². The molecule has 5 heterocycles. The number of carbonyl (C=O) groups is 1. The van der Waals surface area contributed by atoms with Gasteiger partial charge in [-0.05, 0) is 76.5 Å². The largest absolute Gasteiger partial charge is 0.468 e. The van der Waals surface area contributed by atoms with E-state index in [9.17, 15) is 4.79 Å². The molecule has 0 atom stereocenters. The van der Waals surface area contributed by atoms with Crippen LogP contribution in [0.3, 0.4) is 0 Å². The molecule has 3 saturated heterocycles. The van der Waals surface area contributed by atoms with Gasteiger partial charge in [-0.25, -0.2) is 18.6 Å². The molecule has 8 rings (SSSR count). The highest BCUT2D eigenvalue weighted by atomic mass is 19.1. The van der Waals surface area contributed by atoms with E-state index in [0.29, 0.717) is 30.8 Å². The lowest BCUT2D eigenvalue weighted by molar-refractivity contribution is 0.0232. The van der Waals surface area contributed by atoms with Crippen molar-refractivity contribution in [1.82, 2.24) is 20.0 Å². The Balaban J connectivity index is 1.41. The second-order valence-electron chi connectivity index (χ2n) is 14.1. The molecular weight excluding hydrogens is 648 g/mol. The average molecular weight is 688 g/mol. The number of nitrogens with zero attached hydrogens (tertiary/aromatic N) is 5. The zero-order chi connectivity index (χ0) is 35.2. The van der Waals surface area contributed by atoms with Gasteiger partial charge in [-0.15, -0.1) is 6.42 Å². The Kier molecular flexibility index (Phi) is 8.86. The van der Waals surface area contributed by atoms with Crippen LogP contribution in [-0.2, 0) is 14.2 Å². The molecule has 11 nitrogen and oxygen atoms in total. The van der Waals surface area contributed by atoms with Crippen molar-refractivity contribution in [2.24, 2.45) is 5.41 Å². The summed E-state index contributed by atoms with van der Waals surface area (Å²) < 4.78 is 60.8. The molecule has 2 aromatic heterocycles. The normalized spacial score (nSPS) is 20.4. The number of pyridine rings is 1. The number of anilines is 1. The number of fused-ring (bicyclic) bond motifs is 3. The average Bonchev–Trinajstić information content (AvgIpc) is 3.58. The van der Waals surface area contributed by atoms with Gasteiger partial charge in [0.05, 0.1) is 30.3 Å². The van der Waals surface area contributed by atoms with Crippen molar-refractivity contribution >= 4 is 33.6 Å². The Bertz CT molecular complexity index is 2000. The Hall–Kier alpha value is -4.80. The van der Waals surface area contributed by atoms with Crippen LogP contribution in [0.15, 0.2) is 30.5 Å². The van der Waals surface area contributed by atoms with E-state index in [4.69, 9.17) is 35.1 Å². The summed E-state index contributed by atoms with van der Waals surface area (Å²) in [6.07, 6.45) is 11.0. The van der Waals surface area contributed by atoms with Gasteiger partial charge in [0.25, 0.3) is 0 Å². The molecule has 0 unspecified atom stereocenters. The zero-order valence-corrected chi connectivity index (χ0v) is 28.6. The lowest BCUT2D eigenvalue weighted by Gasteiger charge is -2.36. The fraction of sp³-hybridized carbons (Fsp3) is 0.459. The first-order valence-electron chi connectivity index (χ1n) is 16.7. The van der Waals surface area contributed by atoms with E-state index in [0.717, 1.165) is 32.1 Å². The Morgan fingerprint density at radius 2 is 1.92 bits per heavy atom. The summed E-state index contributed by atoms with van der Waals surface area (Å²) in [7, 11) is 1.48. The molecule has 1 aliphatic carbocycles. The number of amides is 1. The van der Waals surface area contributed by atoms with Crippen LogP contribution in [0.1, 0.15) is 58.4 Å². The molecule has 4 aliphatic rings. The van der Waals surface area contributed by atoms with E-state index in [-0.39, 0.29) is 69.9 Å². The van der Waals surface area contributed by atoms with Gasteiger partial charge in [0.1, 0.15) is 28.4 Å². The van der Waals surface area contributed by atoms with Crippen molar-refractivity contribution in [2.45, 2.75) is 64.6 Å². The van der Waals surface area contributed by atoms with Crippen LogP contribution in [0, 0.1) is 29.4 Å². The monoisotopic (exact) mass is 687 g/mol. The number of ether oxygens (including phenoxy) is 5. The summed E-state index contributed by atoms with van der Waals surface area (Å²) in [5.74, 6) is 1.56. The highest BCUT2D eigenvalue weighted by molar-refractivity contribution is 6.03. The number of rotatable bonds is 8. The van der Waals surface area contributed by atoms with Gasteiger partial charge in [0, 0.05) is 42.8 Å². The number of hydrogen-bond acceptors (Lipinski definition) is 10. The lowest BCUT2D eigenvalue weighted by Crippen LogP contribution is -2.49. The number of aromatic nitrogens is 3. The summed E-state index contributed by atoms with van der Waals surface area (Å²) in [4.78, 5) is 27.5.